The van der Waals surface area contributed by atoms with Gasteiger partial charge in [-0.2, -0.15) is 13.2 Å². The Labute approximate surface area is 126 Å². The number of fused-ring (bicyclic) bond motifs is 1. The van der Waals surface area contributed by atoms with Crippen molar-refractivity contribution in [2.24, 2.45) is 16.7 Å². The van der Waals surface area contributed by atoms with Crippen molar-refractivity contribution in [1.29, 1.82) is 0 Å². The molecule has 0 aromatic carbocycles. The van der Waals surface area contributed by atoms with Crippen molar-refractivity contribution in [2.45, 2.75) is 31.0 Å². The molecule has 22 heavy (non-hydrogen) atoms. The molecule has 0 aromatic rings. The van der Waals surface area contributed by atoms with Crippen molar-refractivity contribution in [3.05, 3.63) is 0 Å². The summed E-state index contributed by atoms with van der Waals surface area (Å²) < 4.78 is 39.6. The maximum Gasteiger partial charge on any atom is 0.396 e. The van der Waals surface area contributed by atoms with Crippen LogP contribution >= 0.6 is 0 Å². The molecule has 2 heterocycles. The minimum Gasteiger partial charge on any atom is -0.386 e. The van der Waals surface area contributed by atoms with E-state index in [1.54, 1.807) is 0 Å². The summed E-state index contributed by atoms with van der Waals surface area (Å²) in [6.45, 7) is 0.853. The molecule has 4 rings (SSSR count). The molecule has 3 N–H and O–H groups in total. The number of alkyl halides is 3. The number of likely N-dealkylation sites (tertiary alicyclic amines) is 1. The second-order valence-electron chi connectivity index (χ2n) is 7.53. The highest BCUT2D eigenvalue weighted by Gasteiger charge is 2.81. The van der Waals surface area contributed by atoms with Gasteiger partial charge in [-0.1, -0.05) is 0 Å². The molecule has 2 aliphatic carbocycles. The first-order chi connectivity index (χ1) is 10.2. The van der Waals surface area contributed by atoms with Crippen LogP contribution in [-0.4, -0.2) is 60.5 Å². The van der Waals surface area contributed by atoms with Crippen molar-refractivity contribution in [1.82, 2.24) is 15.5 Å². The zero-order valence-corrected chi connectivity index (χ0v) is 12.2. The Morgan fingerprint density at radius 2 is 2.00 bits per heavy atom. The van der Waals surface area contributed by atoms with E-state index >= 15 is 0 Å². The average molecular weight is 319 g/mol. The van der Waals surface area contributed by atoms with E-state index in [9.17, 15) is 23.1 Å². The van der Waals surface area contributed by atoms with E-state index in [4.69, 9.17) is 0 Å². The number of amides is 2. The lowest BCUT2D eigenvalue weighted by Crippen LogP contribution is -2.66. The number of carbonyl (C=O) groups excluding carboxylic acids is 1. The molecule has 0 radical (unpaired) electrons. The average Bonchev–Trinajstić information content (AvgIpc) is 3.30. The van der Waals surface area contributed by atoms with Gasteiger partial charge in [0.25, 0.3) is 0 Å². The van der Waals surface area contributed by atoms with Crippen molar-refractivity contribution in [3.63, 3.8) is 0 Å². The fourth-order valence-electron chi connectivity index (χ4n) is 4.32. The lowest BCUT2D eigenvalue weighted by atomic mass is 9.89. The Morgan fingerprint density at radius 1 is 1.32 bits per heavy atom. The Morgan fingerprint density at radius 3 is 2.55 bits per heavy atom. The van der Waals surface area contributed by atoms with Crippen LogP contribution in [0, 0.1) is 16.7 Å². The number of rotatable bonds is 3. The predicted octanol–water partition coefficient (Wildman–Crippen LogP) is 0.695. The molecule has 2 atom stereocenters. The second-order valence-corrected chi connectivity index (χ2v) is 7.53. The van der Waals surface area contributed by atoms with Gasteiger partial charge in [0, 0.05) is 25.0 Å². The highest BCUT2D eigenvalue weighted by atomic mass is 19.4. The Hall–Kier alpha value is -1.02. The van der Waals surface area contributed by atoms with Crippen LogP contribution in [0.3, 0.4) is 0 Å². The monoisotopic (exact) mass is 319 g/mol. The van der Waals surface area contributed by atoms with Crippen LogP contribution in [0.25, 0.3) is 0 Å². The summed E-state index contributed by atoms with van der Waals surface area (Å²) in [5.41, 5.74) is -3.32. The van der Waals surface area contributed by atoms with Crippen LogP contribution in [0.15, 0.2) is 0 Å². The smallest absolute Gasteiger partial charge is 0.386 e. The number of hydrogen-bond donors (Lipinski definition) is 3. The van der Waals surface area contributed by atoms with E-state index in [1.165, 1.54) is 4.90 Å². The number of carbonyl (C=O) groups is 1. The number of hydrogen-bond acceptors (Lipinski definition) is 3. The molecule has 5 nitrogen and oxygen atoms in total. The molecule has 4 aliphatic rings. The third-order valence-electron chi connectivity index (χ3n) is 6.09. The molecule has 0 unspecified atom stereocenters. The van der Waals surface area contributed by atoms with Gasteiger partial charge in [-0.3, -0.25) is 0 Å². The van der Waals surface area contributed by atoms with Crippen LogP contribution < -0.4 is 10.6 Å². The molecule has 4 fully saturated rings. The van der Waals surface area contributed by atoms with E-state index < -0.39 is 22.6 Å². The SMILES string of the molecule is O=C(NC[C@@]12CNC[C@]1(C(F)(F)F)C2)N1CC(O)(C2CC2)C1. The van der Waals surface area contributed by atoms with Gasteiger partial charge in [0.05, 0.1) is 18.5 Å². The molecule has 2 saturated carbocycles. The first-order valence-electron chi connectivity index (χ1n) is 7.74. The maximum absolute atomic E-state index is 13.2. The van der Waals surface area contributed by atoms with Gasteiger partial charge in [0.2, 0.25) is 0 Å². The van der Waals surface area contributed by atoms with Crippen LogP contribution in [-0.2, 0) is 0 Å². The van der Waals surface area contributed by atoms with Gasteiger partial charge in [0.15, 0.2) is 0 Å². The van der Waals surface area contributed by atoms with E-state index in [1.807, 2.05) is 0 Å². The first-order valence-corrected chi connectivity index (χ1v) is 7.74. The zero-order chi connectivity index (χ0) is 15.8. The zero-order valence-electron chi connectivity index (χ0n) is 12.2. The van der Waals surface area contributed by atoms with Crippen LogP contribution in [0.5, 0.6) is 0 Å². The first kappa shape index (κ1) is 14.6. The Balaban J connectivity index is 1.32. The minimum atomic E-state index is -4.23. The highest BCUT2D eigenvalue weighted by Crippen LogP contribution is 2.72. The van der Waals surface area contributed by atoms with E-state index in [0.29, 0.717) is 19.6 Å². The van der Waals surface area contributed by atoms with Gasteiger partial charge >= 0.3 is 12.2 Å². The second kappa shape index (κ2) is 4.08. The maximum atomic E-state index is 13.2. The van der Waals surface area contributed by atoms with Crippen molar-refractivity contribution < 1.29 is 23.1 Å². The van der Waals surface area contributed by atoms with Crippen LogP contribution in [0.2, 0.25) is 0 Å². The topological polar surface area (TPSA) is 64.6 Å². The number of piperidine rings is 1. The number of nitrogens with zero attached hydrogens (tertiary/aromatic N) is 1. The molecular weight excluding hydrogens is 299 g/mol. The normalized spacial score (nSPS) is 39.2. The summed E-state index contributed by atoms with van der Waals surface area (Å²) >= 11 is 0. The molecule has 0 aromatic heterocycles. The fraction of sp³-hybridized carbons (Fsp3) is 0.929. The van der Waals surface area contributed by atoms with Crippen molar-refractivity contribution in [2.75, 3.05) is 32.7 Å². The van der Waals surface area contributed by atoms with E-state index in [2.05, 4.69) is 10.6 Å². The molecule has 8 heteroatoms. The molecule has 2 amide bonds. The molecule has 0 spiro atoms. The number of nitrogens with one attached hydrogen (secondary N) is 2. The summed E-state index contributed by atoms with van der Waals surface area (Å²) in [5.74, 6) is 0.287. The lowest BCUT2D eigenvalue weighted by molar-refractivity contribution is -0.190. The number of urea groups is 1. The summed E-state index contributed by atoms with van der Waals surface area (Å²) in [6.07, 6.45) is -2.16. The van der Waals surface area contributed by atoms with Gasteiger partial charge in [-0.25, -0.2) is 4.79 Å². The third kappa shape index (κ3) is 1.83. The number of halogens is 3. The van der Waals surface area contributed by atoms with Crippen molar-refractivity contribution in [3.8, 4) is 0 Å². The molecule has 0 bridgehead atoms. The summed E-state index contributed by atoms with van der Waals surface area (Å²) in [5, 5.41) is 15.6. The number of β-amino-alcohol motifs (C(OH)–C–C–N with tert-alkyl or cyclic N) is 1. The quantitative estimate of drug-likeness (QED) is 0.717. The van der Waals surface area contributed by atoms with Crippen LogP contribution in [0.1, 0.15) is 19.3 Å². The van der Waals surface area contributed by atoms with Crippen LogP contribution in [0.4, 0.5) is 18.0 Å². The predicted molar refractivity (Wildman–Crippen MR) is 71.1 cm³/mol. The number of aliphatic hydroxyl groups is 1. The summed E-state index contributed by atoms with van der Waals surface area (Å²) in [6, 6.07) is -0.366. The Kier molecular flexibility index (Phi) is 2.70. The van der Waals surface area contributed by atoms with Gasteiger partial charge in [-0.05, 0) is 25.2 Å². The fourth-order valence-corrected chi connectivity index (χ4v) is 4.32. The summed E-state index contributed by atoms with van der Waals surface area (Å²) in [4.78, 5) is 13.5. The van der Waals surface area contributed by atoms with Crippen molar-refractivity contribution >= 4 is 6.03 Å². The molecule has 2 aliphatic heterocycles. The van der Waals surface area contributed by atoms with E-state index in [0.717, 1.165) is 12.8 Å². The minimum absolute atomic E-state index is 0.0384. The van der Waals surface area contributed by atoms with Gasteiger partial charge < -0.3 is 20.6 Å². The Bertz CT molecular complexity index is 516. The highest BCUT2D eigenvalue weighted by molar-refractivity contribution is 5.75. The van der Waals surface area contributed by atoms with Gasteiger partial charge in [-0.15, -0.1) is 0 Å². The standard InChI is InChI=1S/C14H20F3N3O2/c15-14(16,17)13-3-11(13,4-18-6-13)5-19-10(21)20-7-12(22,8-20)9-1-2-9/h9,18,22H,1-8H2,(H,19,21)/t11-,13-/m1/s1. The molecule has 2 saturated heterocycles. The van der Waals surface area contributed by atoms with E-state index in [-0.39, 0.29) is 31.5 Å². The summed E-state index contributed by atoms with van der Waals surface area (Å²) in [7, 11) is 0. The lowest BCUT2D eigenvalue weighted by Gasteiger charge is -2.46. The molecular formula is C14H20F3N3O2. The largest absolute Gasteiger partial charge is 0.396 e. The third-order valence-corrected chi connectivity index (χ3v) is 6.09. The molecule has 124 valence electrons. The van der Waals surface area contributed by atoms with Gasteiger partial charge in [0.1, 0.15) is 5.60 Å².